The zero-order valence-electron chi connectivity index (χ0n) is 10.3. The van der Waals surface area contributed by atoms with Gasteiger partial charge in [-0.25, -0.2) is 0 Å². The molecule has 0 aromatic heterocycles. The summed E-state index contributed by atoms with van der Waals surface area (Å²) < 4.78 is 6.06. The Morgan fingerprint density at radius 1 is 0.889 bits per heavy atom. The van der Waals surface area contributed by atoms with Gasteiger partial charge in [-0.2, -0.15) is 0 Å². The summed E-state index contributed by atoms with van der Waals surface area (Å²) in [5, 5.41) is 1.46. The first-order chi connectivity index (χ1) is 8.95. The van der Waals surface area contributed by atoms with Crippen LogP contribution in [0.2, 0.25) is 0 Å². The van der Waals surface area contributed by atoms with Gasteiger partial charge in [0, 0.05) is 6.61 Å². The number of ether oxygens (including phenoxy) is 1. The molecule has 0 radical (unpaired) electrons. The zero-order valence-corrected chi connectivity index (χ0v) is 11.2. The summed E-state index contributed by atoms with van der Waals surface area (Å²) in [6.45, 7) is 0.894. The van der Waals surface area contributed by atoms with Gasteiger partial charge in [0.2, 0.25) is 0 Å². The van der Waals surface area contributed by atoms with Crippen LogP contribution < -0.4 is 5.30 Å². The fraction of sp³-hybridized carbons (Fsp3) is 0.250. The highest BCUT2D eigenvalue weighted by molar-refractivity contribution is 7.65. The SMILES string of the molecule is c1ccc([C@H]2OCCC[P@@]2c2ccccc2)cc1. The van der Waals surface area contributed by atoms with Crippen molar-refractivity contribution in [1.29, 1.82) is 0 Å². The third-order valence-electron chi connectivity index (χ3n) is 3.27. The Bertz CT molecular complexity index is 435. The van der Waals surface area contributed by atoms with Gasteiger partial charge < -0.3 is 4.74 Å². The molecule has 3 rings (SSSR count). The number of hydrogen-bond donors (Lipinski definition) is 0. The van der Waals surface area contributed by atoms with Crippen LogP contribution in [0.15, 0.2) is 60.7 Å². The molecule has 0 aliphatic carbocycles. The van der Waals surface area contributed by atoms with E-state index < -0.39 is 0 Å². The smallest absolute Gasteiger partial charge is 0.105 e. The van der Waals surface area contributed by atoms with Crippen LogP contribution in [0.1, 0.15) is 17.8 Å². The maximum Gasteiger partial charge on any atom is 0.105 e. The molecule has 1 aliphatic heterocycles. The molecule has 2 heteroatoms. The first-order valence-electron chi connectivity index (χ1n) is 6.43. The lowest BCUT2D eigenvalue weighted by molar-refractivity contribution is 0.101. The van der Waals surface area contributed by atoms with Gasteiger partial charge >= 0.3 is 0 Å². The molecule has 0 amide bonds. The van der Waals surface area contributed by atoms with E-state index in [0.29, 0.717) is 0 Å². The van der Waals surface area contributed by atoms with Crippen molar-refractivity contribution in [3.8, 4) is 0 Å². The highest BCUT2D eigenvalue weighted by atomic mass is 31.1. The van der Waals surface area contributed by atoms with Crippen LogP contribution in [0.4, 0.5) is 0 Å². The topological polar surface area (TPSA) is 9.23 Å². The highest BCUT2D eigenvalue weighted by Crippen LogP contribution is 2.53. The molecule has 0 bridgehead atoms. The van der Waals surface area contributed by atoms with Crippen molar-refractivity contribution in [1.82, 2.24) is 0 Å². The molecule has 1 saturated heterocycles. The van der Waals surface area contributed by atoms with Crippen molar-refractivity contribution >= 4 is 13.2 Å². The van der Waals surface area contributed by atoms with Crippen molar-refractivity contribution in [3.63, 3.8) is 0 Å². The second-order valence-corrected chi connectivity index (χ2v) is 6.89. The maximum absolute atomic E-state index is 6.06. The molecule has 18 heavy (non-hydrogen) atoms. The fourth-order valence-corrected chi connectivity index (χ4v) is 5.02. The van der Waals surface area contributed by atoms with Crippen LogP contribution in [0, 0.1) is 0 Å². The molecule has 1 aliphatic rings. The van der Waals surface area contributed by atoms with E-state index in [9.17, 15) is 0 Å². The van der Waals surface area contributed by atoms with Gasteiger partial charge in [0.25, 0.3) is 0 Å². The van der Waals surface area contributed by atoms with Crippen molar-refractivity contribution < 1.29 is 4.74 Å². The van der Waals surface area contributed by atoms with E-state index in [0.717, 1.165) is 6.61 Å². The van der Waals surface area contributed by atoms with E-state index in [2.05, 4.69) is 60.7 Å². The molecule has 0 unspecified atom stereocenters. The first kappa shape index (κ1) is 11.9. The summed E-state index contributed by atoms with van der Waals surface area (Å²) in [6, 6.07) is 21.5. The molecule has 1 heterocycles. The average Bonchev–Trinajstić information content (AvgIpc) is 2.49. The van der Waals surface area contributed by atoms with Gasteiger partial charge in [-0.1, -0.05) is 60.7 Å². The minimum Gasteiger partial charge on any atom is -0.369 e. The largest absolute Gasteiger partial charge is 0.369 e. The van der Waals surface area contributed by atoms with Crippen LogP contribution in [-0.2, 0) is 4.74 Å². The van der Waals surface area contributed by atoms with E-state index >= 15 is 0 Å². The quantitative estimate of drug-likeness (QED) is 0.740. The second-order valence-electron chi connectivity index (χ2n) is 4.52. The summed E-state index contributed by atoms with van der Waals surface area (Å²) >= 11 is 0. The van der Waals surface area contributed by atoms with Gasteiger partial charge in [0.05, 0.1) is 0 Å². The van der Waals surface area contributed by atoms with Crippen LogP contribution in [-0.4, -0.2) is 12.8 Å². The Labute approximate surface area is 110 Å². The van der Waals surface area contributed by atoms with Crippen molar-refractivity contribution in [2.45, 2.75) is 12.3 Å². The summed E-state index contributed by atoms with van der Waals surface area (Å²) in [4.78, 5) is 0. The number of rotatable bonds is 2. The van der Waals surface area contributed by atoms with E-state index in [1.807, 2.05) is 0 Å². The predicted octanol–water partition coefficient (Wildman–Crippen LogP) is 3.91. The molecule has 92 valence electrons. The van der Waals surface area contributed by atoms with Crippen LogP contribution in [0.25, 0.3) is 0 Å². The average molecular weight is 256 g/mol. The normalized spacial score (nSPS) is 23.8. The minimum atomic E-state index is -0.229. The van der Waals surface area contributed by atoms with E-state index in [4.69, 9.17) is 4.74 Å². The highest BCUT2D eigenvalue weighted by Gasteiger charge is 2.27. The Balaban J connectivity index is 1.92. The van der Waals surface area contributed by atoms with E-state index in [1.54, 1.807) is 0 Å². The Hall–Kier alpha value is -1.17. The minimum absolute atomic E-state index is 0.229. The third kappa shape index (κ3) is 2.48. The number of hydrogen-bond acceptors (Lipinski definition) is 1. The maximum atomic E-state index is 6.06. The van der Waals surface area contributed by atoms with Crippen LogP contribution in [0.3, 0.4) is 0 Å². The third-order valence-corrected chi connectivity index (χ3v) is 6.05. The Kier molecular flexibility index (Phi) is 3.73. The van der Waals surface area contributed by atoms with E-state index in [1.165, 1.54) is 23.5 Å². The summed E-state index contributed by atoms with van der Waals surface area (Å²) in [5.74, 6) is 0.275. The summed E-state index contributed by atoms with van der Waals surface area (Å²) in [5.41, 5.74) is 1.33. The Morgan fingerprint density at radius 2 is 1.56 bits per heavy atom. The first-order valence-corrected chi connectivity index (χ1v) is 8.03. The van der Waals surface area contributed by atoms with Crippen molar-refractivity contribution in [2.24, 2.45) is 0 Å². The lowest BCUT2D eigenvalue weighted by Crippen LogP contribution is -2.19. The molecule has 0 N–H and O–H groups in total. The monoisotopic (exact) mass is 256 g/mol. The van der Waals surface area contributed by atoms with Crippen molar-refractivity contribution in [2.75, 3.05) is 12.8 Å². The van der Waals surface area contributed by atoms with Crippen LogP contribution in [0.5, 0.6) is 0 Å². The molecule has 2 atom stereocenters. The van der Waals surface area contributed by atoms with E-state index in [-0.39, 0.29) is 13.8 Å². The number of benzene rings is 2. The zero-order chi connectivity index (χ0) is 12.2. The van der Waals surface area contributed by atoms with Gasteiger partial charge in [-0.3, -0.25) is 0 Å². The Morgan fingerprint density at radius 3 is 2.28 bits per heavy atom. The molecule has 1 fully saturated rings. The molecule has 2 aromatic rings. The molecule has 1 nitrogen and oxygen atoms in total. The molecule has 2 aromatic carbocycles. The van der Waals surface area contributed by atoms with Gasteiger partial charge in [0.1, 0.15) is 5.85 Å². The lowest BCUT2D eigenvalue weighted by Gasteiger charge is -2.32. The van der Waals surface area contributed by atoms with Gasteiger partial charge in [0.15, 0.2) is 0 Å². The lowest BCUT2D eigenvalue weighted by atomic mass is 10.2. The van der Waals surface area contributed by atoms with Gasteiger partial charge in [-0.05, 0) is 31.4 Å². The van der Waals surface area contributed by atoms with Crippen LogP contribution >= 0.6 is 7.92 Å². The van der Waals surface area contributed by atoms with Gasteiger partial charge in [-0.15, -0.1) is 0 Å². The predicted molar refractivity (Wildman–Crippen MR) is 77.6 cm³/mol. The molecular weight excluding hydrogens is 239 g/mol. The fourth-order valence-electron chi connectivity index (χ4n) is 2.41. The second kappa shape index (κ2) is 5.65. The summed E-state index contributed by atoms with van der Waals surface area (Å²) in [6.07, 6.45) is 2.46. The molecule has 0 spiro atoms. The molecule has 0 saturated carbocycles. The standard InChI is InChI=1S/C16H17OP/c1-3-8-14(9-4-1)16-17-12-7-13-18(16)15-10-5-2-6-11-15/h1-6,8-11,16H,7,12-13H2/t16-,18-/m0/s1. The summed E-state index contributed by atoms with van der Waals surface area (Å²) in [7, 11) is -0.229. The molecular formula is C16H17OP. The van der Waals surface area contributed by atoms with Crippen molar-refractivity contribution in [3.05, 3.63) is 66.2 Å².